The Morgan fingerprint density at radius 2 is 1.86 bits per heavy atom. The van der Waals surface area contributed by atoms with Gasteiger partial charge in [-0.3, -0.25) is 4.79 Å². The highest BCUT2D eigenvalue weighted by atomic mass is 16.5. The molecule has 21 heavy (non-hydrogen) atoms. The molecular weight excluding hydrogens is 272 g/mol. The van der Waals surface area contributed by atoms with Crippen LogP contribution in [0.15, 0.2) is 0 Å². The molecule has 3 N–H and O–H groups in total. The van der Waals surface area contributed by atoms with Gasteiger partial charge in [-0.25, -0.2) is 4.79 Å². The van der Waals surface area contributed by atoms with Gasteiger partial charge in [0.05, 0.1) is 18.1 Å². The fourth-order valence-electron chi connectivity index (χ4n) is 2.32. The largest absolute Gasteiger partial charge is 0.481 e. The molecule has 0 atom stereocenters. The van der Waals surface area contributed by atoms with Crippen LogP contribution in [0.3, 0.4) is 0 Å². The van der Waals surface area contributed by atoms with Crippen LogP contribution in [0.4, 0.5) is 4.79 Å². The quantitative estimate of drug-likeness (QED) is 0.629. The number of urea groups is 1. The molecule has 0 unspecified atom stereocenters. The molecule has 0 aromatic heterocycles. The highest BCUT2D eigenvalue weighted by Gasteiger charge is 2.26. The number of aliphatic carboxylic acids is 1. The molecule has 6 nitrogen and oxygen atoms in total. The third-order valence-electron chi connectivity index (χ3n) is 4.14. The monoisotopic (exact) mass is 300 g/mol. The number of nitrogens with one attached hydrogen (secondary N) is 2. The summed E-state index contributed by atoms with van der Waals surface area (Å²) in [5.41, 5.74) is -0.159. The molecule has 0 spiro atoms. The van der Waals surface area contributed by atoms with Crippen LogP contribution in [0.2, 0.25) is 0 Å². The van der Waals surface area contributed by atoms with Crippen molar-refractivity contribution >= 4 is 12.0 Å². The minimum atomic E-state index is -0.728. The first kappa shape index (κ1) is 17.8. The van der Waals surface area contributed by atoms with Crippen LogP contribution in [0, 0.1) is 5.92 Å². The molecule has 0 radical (unpaired) electrons. The van der Waals surface area contributed by atoms with Gasteiger partial charge in [0.15, 0.2) is 0 Å². The van der Waals surface area contributed by atoms with E-state index in [-0.39, 0.29) is 23.6 Å². The van der Waals surface area contributed by atoms with Crippen molar-refractivity contribution in [1.29, 1.82) is 0 Å². The van der Waals surface area contributed by atoms with E-state index in [1.54, 1.807) is 0 Å². The van der Waals surface area contributed by atoms with Gasteiger partial charge in [0.1, 0.15) is 0 Å². The van der Waals surface area contributed by atoms with E-state index in [0.717, 1.165) is 19.3 Å². The zero-order valence-corrected chi connectivity index (χ0v) is 13.3. The van der Waals surface area contributed by atoms with Gasteiger partial charge in [-0.05, 0) is 46.0 Å². The van der Waals surface area contributed by atoms with Crippen LogP contribution in [-0.2, 0) is 9.53 Å². The highest BCUT2D eigenvalue weighted by molar-refractivity contribution is 5.74. The highest BCUT2D eigenvalue weighted by Crippen LogP contribution is 2.24. The average molecular weight is 300 g/mol. The number of carbonyl (C=O) groups excluding carboxylic acids is 1. The van der Waals surface area contributed by atoms with Gasteiger partial charge in [0.2, 0.25) is 0 Å². The summed E-state index contributed by atoms with van der Waals surface area (Å²) in [4.78, 5) is 22.6. The first-order chi connectivity index (χ1) is 9.84. The van der Waals surface area contributed by atoms with E-state index < -0.39 is 5.97 Å². The van der Waals surface area contributed by atoms with E-state index in [4.69, 9.17) is 9.84 Å². The Balaban J connectivity index is 2.13. The van der Waals surface area contributed by atoms with Gasteiger partial charge in [0, 0.05) is 12.6 Å². The van der Waals surface area contributed by atoms with Gasteiger partial charge < -0.3 is 20.5 Å². The van der Waals surface area contributed by atoms with Gasteiger partial charge in [0.25, 0.3) is 0 Å². The zero-order chi connectivity index (χ0) is 15.9. The summed E-state index contributed by atoms with van der Waals surface area (Å²) in [6.07, 6.45) is 3.64. The van der Waals surface area contributed by atoms with Crippen molar-refractivity contribution < 1.29 is 19.4 Å². The lowest BCUT2D eigenvalue weighted by atomic mass is 9.86. The summed E-state index contributed by atoms with van der Waals surface area (Å²) in [7, 11) is 0. The minimum Gasteiger partial charge on any atom is -0.481 e. The maximum absolute atomic E-state index is 11.7. The predicted molar refractivity (Wildman–Crippen MR) is 80.2 cm³/mol. The van der Waals surface area contributed by atoms with Crippen molar-refractivity contribution in [3.63, 3.8) is 0 Å². The summed E-state index contributed by atoms with van der Waals surface area (Å²) < 4.78 is 5.65. The number of hydrogen-bond donors (Lipinski definition) is 3. The molecule has 0 aliphatic heterocycles. The molecule has 6 heteroatoms. The second kappa shape index (κ2) is 8.22. The number of rotatable bonds is 7. The smallest absolute Gasteiger partial charge is 0.315 e. The van der Waals surface area contributed by atoms with E-state index in [1.165, 1.54) is 0 Å². The minimum absolute atomic E-state index is 0.0774. The fraction of sp³-hybridized carbons (Fsp3) is 0.867. The summed E-state index contributed by atoms with van der Waals surface area (Å²) in [5.74, 6) is -0.982. The van der Waals surface area contributed by atoms with Crippen molar-refractivity contribution in [3.05, 3.63) is 0 Å². The van der Waals surface area contributed by atoms with Crippen molar-refractivity contribution in [3.8, 4) is 0 Å². The molecule has 0 bridgehead atoms. The van der Waals surface area contributed by atoms with Crippen molar-refractivity contribution in [1.82, 2.24) is 10.6 Å². The van der Waals surface area contributed by atoms with Crippen molar-refractivity contribution in [2.45, 2.75) is 64.5 Å². The van der Waals surface area contributed by atoms with Gasteiger partial charge >= 0.3 is 12.0 Å². The summed E-state index contributed by atoms with van der Waals surface area (Å²) >= 11 is 0. The Bertz CT molecular complexity index is 350. The molecule has 1 saturated carbocycles. The Morgan fingerprint density at radius 1 is 1.24 bits per heavy atom. The number of carbonyl (C=O) groups is 2. The third-order valence-corrected chi connectivity index (χ3v) is 4.14. The first-order valence-corrected chi connectivity index (χ1v) is 7.75. The number of ether oxygens (including phenoxy) is 1. The first-order valence-electron chi connectivity index (χ1n) is 7.75. The Labute approximate surface area is 126 Å². The van der Waals surface area contributed by atoms with Gasteiger partial charge in [-0.1, -0.05) is 6.92 Å². The van der Waals surface area contributed by atoms with Crippen molar-refractivity contribution in [2.24, 2.45) is 5.92 Å². The third kappa shape index (κ3) is 6.80. The van der Waals surface area contributed by atoms with Crippen LogP contribution in [0.1, 0.15) is 52.9 Å². The molecular formula is C15H28N2O4. The Hall–Kier alpha value is -1.30. The maximum atomic E-state index is 11.7. The fourth-order valence-corrected chi connectivity index (χ4v) is 2.32. The van der Waals surface area contributed by atoms with E-state index in [9.17, 15) is 9.59 Å². The Kier molecular flexibility index (Phi) is 6.95. The SMILES string of the molecule is CCC(C)(C)OCCNC(=O)NC1CCC(C(=O)O)CC1. The van der Waals surface area contributed by atoms with Crippen LogP contribution >= 0.6 is 0 Å². The molecule has 1 rings (SSSR count). The molecule has 1 fully saturated rings. The van der Waals surface area contributed by atoms with E-state index in [1.807, 2.05) is 13.8 Å². The van der Waals surface area contributed by atoms with Crippen LogP contribution in [0.25, 0.3) is 0 Å². The number of amides is 2. The summed E-state index contributed by atoms with van der Waals surface area (Å²) in [6.45, 7) is 7.06. The second-order valence-corrected chi connectivity index (χ2v) is 6.25. The molecule has 1 aliphatic rings. The van der Waals surface area contributed by atoms with E-state index in [0.29, 0.717) is 26.0 Å². The number of hydrogen-bond acceptors (Lipinski definition) is 3. The number of carboxylic acid groups (broad SMARTS) is 1. The molecule has 0 heterocycles. The van der Waals surface area contributed by atoms with Crippen molar-refractivity contribution in [2.75, 3.05) is 13.2 Å². The summed E-state index contributed by atoms with van der Waals surface area (Å²) in [6, 6.07) is -0.125. The molecule has 0 aromatic rings. The molecule has 1 aliphatic carbocycles. The van der Waals surface area contributed by atoms with Crippen LogP contribution in [0.5, 0.6) is 0 Å². The molecule has 2 amide bonds. The van der Waals surface area contributed by atoms with Crippen LogP contribution in [-0.4, -0.2) is 41.9 Å². The standard InChI is InChI=1S/C15H28N2O4/c1-4-15(2,3)21-10-9-16-14(20)17-12-7-5-11(6-8-12)13(18)19/h11-12H,4-10H2,1-3H3,(H,18,19)(H2,16,17,20). The van der Waals surface area contributed by atoms with Gasteiger partial charge in [-0.2, -0.15) is 0 Å². The lowest BCUT2D eigenvalue weighted by Gasteiger charge is -2.27. The normalized spacial score (nSPS) is 22.6. The second-order valence-electron chi connectivity index (χ2n) is 6.25. The molecule has 0 saturated heterocycles. The van der Waals surface area contributed by atoms with Gasteiger partial charge in [-0.15, -0.1) is 0 Å². The lowest BCUT2D eigenvalue weighted by Crippen LogP contribution is -2.45. The molecule has 0 aromatic carbocycles. The number of carboxylic acids is 1. The maximum Gasteiger partial charge on any atom is 0.315 e. The topological polar surface area (TPSA) is 87.7 Å². The average Bonchev–Trinajstić information content (AvgIpc) is 2.44. The lowest BCUT2D eigenvalue weighted by molar-refractivity contribution is -0.142. The van der Waals surface area contributed by atoms with Crippen LogP contribution < -0.4 is 10.6 Å². The van der Waals surface area contributed by atoms with E-state index in [2.05, 4.69) is 17.6 Å². The zero-order valence-electron chi connectivity index (χ0n) is 13.3. The predicted octanol–water partition coefficient (Wildman–Crippen LogP) is 2.13. The Morgan fingerprint density at radius 3 is 2.38 bits per heavy atom. The summed E-state index contributed by atoms with van der Waals surface area (Å²) in [5, 5.41) is 14.6. The molecule has 122 valence electrons. The van der Waals surface area contributed by atoms with E-state index >= 15 is 0 Å².